The SMILES string of the molecule is CCCCCCCC/C=C/CCCCCCCCCC(=O)OC[C@H](COP(=O)(O)O)OC(=O)CCCCCCCCCCCCCCC. The van der Waals surface area contributed by atoms with Gasteiger partial charge in [-0.25, -0.2) is 4.57 Å². The summed E-state index contributed by atoms with van der Waals surface area (Å²) < 4.78 is 26.3. The number of ether oxygens (including phenoxy) is 2. The van der Waals surface area contributed by atoms with Crippen molar-refractivity contribution in [2.45, 2.75) is 213 Å². The van der Waals surface area contributed by atoms with Gasteiger partial charge in [-0.1, -0.05) is 167 Å². The molecule has 0 radical (unpaired) electrons. The summed E-state index contributed by atoms with van der Waals surface area (Å²) >= 11 is 0. The van der Waals surface area contributed by atoms with E-state index in [2.05, 4.69) is 30.5 Å². The second-order valence-electron chi connectivity index (χ2n) is 13.6. The molecule has 0 saturated carbocycles. The predicted molar refractivity (Wildman–Crippen MR) is 198 cm³/mol. The zero-order chi connectivity index (χ0) is 35.4. The van der Waals surface area contributed by atoms with Crippen LogP contribution in [0.2, 0.25) is 0 Å². The van der Waals surface area contributed by atoms with Gasteiger partial charge < -0.3 is 19.3 Å². The number of carbonyl (C=O) groups is 2. The molecular formula is C39H75O8P. The van der Waals surface area contributed by atoms with Crippen molar-refractivity contribution in [2.24, 2.45) is 0 Å². The van der Waals surface area contributed by atoms with E-state index in [9.17, 15) is 14.2 Å². The number of hydrogen-bond acceptors (Lipinski definition) is 6. The van der Waals surface area contributed by atoms with Crippen LogP contribution in [0, 0.1) is 0 Å². The maximum Gasteiger partial charge on any atom is 0.469 e. The molecule has 0 unspecified atom stereocenters. The highest BCUT2D eigenvalue weighted by Crippen LogP contribution is 2.36. The van der Waals surface area contributed by atoms with Crippen molar-refractivity contribution in [3.8, 4) is 0 Å². The van der Waals surface area contributed by atoms with Gasteiger partial charge in [0.25, 0.3) is 0 Å². The van der Waals surface area contributed by atoms with Gasteiger partial charge in [0, 0.05) is 12.8 Å². The fraction of sp³-hybridized carbons (Fsp3) is 0.897. The van der Waals surface area contributed by atoms with Crippen molar-refractivity contribution >= 4 is 19.8 Å². The molecule has 0 heterocycles. The van der Waals surface area contributed by atoms with Gasteiger partial charge in [-0.15, -0.1) is 0 Å². The van der Waals surface area contributed by atoms with Gasteiger partial charge in [0.05, 0.1) is 6.61 Å². The van der Waals surface area contributed by atoms with E-state index in [0.29, 0.717) is 6.42 Å². The lowest BCUT2D eigenvalue weighted by Crippen LogP contribution is -2.29. The van der Waals surface area contributed by atoms with Crippen LogP contribution in [0.4, 0.5) is 0 Å². The fourth-order valence-corrected chi connectivity index (χ4v) is 6.14. The molecule has 0 aliphatic carbocycles. The minimum atomic E-state index is -4.74. The van der Waals surface area contributed by atoms with Crippen molar-refractivity contribution in [3.05, 3.63) is 12.2 Å². The lowest BCUT2D eigenvalue weighted by molar-refractivity contribution is -0.161. The molecule has 0 spiro atoms. The first-order chi connectivity index (χ1) is 23.3. The molecule has 1 atom stereocenters. The van der Waals surface area contributed by atoms with E-state index in [1.807, 2.05) is 0 Å². The molecule has 0 fully saturated rings. The Labute approximate surface area is 295 Å². The molecule has 2 N–H and O–H groups in total. The number of rotatable bonds is 37. The van der Waals surface area contributed by atoms with E-state index in [-0.39, 0.29) is 19.4 Å². The average molecular weight is 703 g/mol. The molecule has 0 aromatic heterocycles. The summed E-state index contributed by atoms with van der Waals surface area (Å²) in [4.78, 5) is 42.7. The third kappa shape index (κ3) is 37.6. The average Bonchev–Trinajstić information content (AvgIpc) is 3.05. The second kappa shape index (κ2) is 35.6. The van der Waals surface area contributed by atoms with Crippen LogP contribution in [0.25, 0.3) is 0 Å². The number of carbonyl (C=O) groups excluding carboxylic acids is 2. The summed E-state index contributed by atoms with van der Waals surface area (Å²) in [5.74, 6) is -0.880. The van der Waals surface area contributed by atoms with Crippen LogP contribution >= 0.6 is 7.82 Å². The molecule has 284 valence electrons. The summed E-state index contributed by atoms with van der Waals surface area (Å²) in [6.07, 6.45) is 37.9. The van der Waals surface area contributed by atoms with E-state index in [4.69, 9.17) is 19.3 Å². The lowest BCUT2D eigenvalue weighted by Gasteiger charge is -2.18. The first kappa shape index (κ1) is 46.8. The standard InChI is InChI=1S/C39H75O8P/c1-3-5-7-9-11-13-15-17-18-19-20-22-23-25-27-29-31-33-38(40)45-35-37(36-46-48(42,43)44)47-39(41)34-32-30-28-26-24-21-16-14-12-10-8-6-4-2/h17-18,37H,3-16,19-36H2,1-2H3,(H2,42,43,44)/b18-17+/t37-/m1/s1. The van der Waals surface area contributed by atoms with Gasteiger partial charge in [0.1, 0.15) is 6.61 Å². The van der Waals surface area contributed by atoms with Gasteiger partial charge in [0.15, 0.2) is 6.10 Å². The lowest BCUT2D eigenvalue weighted by atomic mass is 10.0. The maximum absolute atomic E-state index is 12.4. The smallest absolute Gasteiger partial charge is 0.462 e. The van der Waals surface area contributed by atoms with Gasteiger partial charge in [-0.2, -0.15) is 0 Å². The molecule has 0 aliphatic rings. The zero-order valence-corrected chi connectivity index (χ0v) is 32.0. The molecule has 8 nitrogen and oxygen atoms in total. The summed E-state index contributed by atoms with van der Waals surface area (Å²) in [5.41, 5.74) is 0. The topological polar surface area (TPSA) is 119 Å². The number of allylic oxidation sites excluding steroid dienone is 2. The zero-order valence-electron chi connectivity index (χ0n) is 31.2. The molecule has 0 aromatic carbocycles. The largest absolute Gasteiger partial charge is 0.469 e. The molecule has 0 aliphatic heterocycles. The number of hydrogen-bond donors (Lipinski definition) is 2. The van der Waals surface area contributed by atoms with E-state index >= 15 is 0 Å². The van der Waals surface area contributed by atoms with Crippen LogP contribution in [0.15, 0.2) is 12.2 Å². The first-order valence-electron chi connectivity index (χ1n) is 20.0. The number of unbranched alkanes of at least 4 members (excludes halogenated alkanes) is 25. The van der Waals surface area contributed by atoms with Crippen LogP contribution in [0.3, 0.4) is 0 Å². The van der Waals surface area contributed by atoms with Crippen molar-refractivity contribution < 1.29 is 37.9 Å². The first-order valence-corrected chi connectivity index (χ1v) is 21.5. The minimum absolute atomic E-state index is 0.216. The molecule has 0 amide bonds. The highest BCUT2D eigenvalue weighted by atomic mass is 31.2. The van der Waals surface area contributed by atoms with Crippen LogP contribution in [0.5, 0.6) is 0 Å². The Hall–Kier alpha value is -1.21. The Morgan fingerprint density at radius 2 is 0.875 bits per heavy atom. The summed E-state index contributed by atoms with van der Waals surface area (Å²) in [6, 6.07) is 0. The third-order valence-electron chi connectivity index (χ3n) is 8.78. The van der Waals surface area contributed by atoms with Crippen molar-refractivity contribution in [3.63, 3.8) is 0 Å². The van der Waals surface area contributed by atoms with Gasteiger partial charge in [0.2, 0.25) is 0 Å². The predicted octanol–water partition coefficient (Wildman–Crippen LogP) is 11.8. The van der Waals surface area contributed by atoms with Gasteiger partial charge in [-0.05, 0) is 38.5 Å². The van der Waals surface area contributed by atoms with Gasteiger partial charge >= 0.3 is 19.8 Å². The third-order valence-corrected chi connectivity index (χ3v) is 9.27. The summed E-state index contributed by atoms with van der Waals surface area (Å²) in [5, 5.41) is 0. The van der Waals surface area contributed by atoms with Crippen molar-refractivity contribution in [1.82, 2.24) is 0 Å². The molecule has 0 bridgehead atoms. The highest BCUT2D eigenvalue weighted by Gasteiger charge is 2.22. The van der Waals surface area contributed by atoms with E-state index in [1.54, 1.807) is 0 Å². The summed E-state index contributed by atoms with van der Waals surface area (Å²) in [6.45, 7) is 3.68. The summed E-state index contributed by atoms with van der Waals surface area (Å²) in [7, 11) is -4.74. The molecule has 0 rings (SSSR count). The molecule has 0 aromatic rings. The van der Waals surface area contributed by atoms with Crippen molar-refractivity contribution in [2.75, 3.05) is 13.2 Å². The fourth-order valence-electron chi connectivity index (χ4n) is 5.78. The van der Waals surface area contributed by atoms with Crippen LogP contribution in [-0.4, -0.2) is 41.0 Å². The Morgan fingerprint density at radius 1 is 0.521 bits per heavy atom. The van der Waals surface area contributed by atoms with E-state index in [0.717, 1.165) is 51.4 Å². The highest BCUT2D eigenvalue weighted by molar-refractivity contribution is 7.46. The quantitative estimate of drug-likeness (QED) is 0.0284. The Kier molecular flexibility index (Phi) is 34.7. The van der Waals surface area contributed by atoms with Crippen LogP contribution in [-0.2, 0) is 28.2 Å². The Bertz CT molecular complexity index is 797. The van der Waals surface area contributed by atoms with E-state index < -0.39 is 32.5 Å². The molecule has 9 heteroatoms. The second-order valence-corrected chi connectivity index (χ2v) is 14.9. The number of esters is 2. The van der Waals surface area contributed by atoms with Crippen LogP contribution < -0.4 is 0 Å². The van der Waals surface area contributed by atoms with Gasteiger partial charge in [-0.3, -0.25) is 14.1 Å². The number of phosphoric ester groups is 1. The molecular weight excluding hydrogens is 627 g/mol. The molecule has 0 saturated heterocycles. The Balaban J connectivity index is 3.91. The monoisotopic (exact) mass is 703 g/mol. The normalized spacial score (nSPS) is 12.5. The maximum atomic E-state index is 12.4. The van der Waals surface area contributed by atoms with Crippen LogP contribution in [0.1, 0.15) is 206 Å². The van der Waals surface area contributed by atoms with Crippen molar-refractivity contribution in [1.29, 1.82) is 0 Å². The molecule has 48 heavy (non-hydrogen) atoms. The number of phosphoric acid groups is 1. The van der Waals surface area contributed by atoms with E-state index in [1.165, 1.54) is 122 Å². The minimum Gasteiger partial charge on any atom is -0.462 e. The Morgan fingerprint density at radius 3 is 1.27 bits per heavy atom.